The second-order valence-electron chi connectivity index (χ2n) is 9.03. The van der Waals surface area contributed by atoms with Crippen molar-refractivity contribution in [2.45, 2.75) is 69.7 Å². The van der Waals surface area contributed by atoms with Gasteiger partial charge in [-0.25, -0.2) is 0 Å². The van der Waals surface area contributed by atoms with Crippen LogP contribution in [0.15, 0.2) is 28.7 Å². The topological polar surface area (TPSA) is 49.4 Å². The smallest absolute Gasteiger partial charge is 0.225 e. The first kappa shape index (κ1) is 19.9. The molecule has 28 heavy (non-hydrogen) atoms. The molecule has 0 radical (unpaired) electrons. The van der Waals surface area contributed by atoms with Gasteiger partial charge in [-0.05, 0) is 62.6 Å². The molecule has 3 aliphatic rings. The van der Waals surface area contributed by atoms with Crippen LogP contribution in [0.25, 0.3) is 0 Å². The molecule has 0 spiro atoms. The number of hydrogen-bond donors (Lipinski definition) is 1. The van der Waals surface area contributed by atoms with E-state index in [1.165, 1.54) is 24.8 Å². The highest BCUT2D eigenvalue weighted by Gasteiger charge is 2.39. The molecule has 152 valence electrons. The summed E-state index contributed by atoms with van der Waals surface area (Å²) in [6.45, 7) is 1.43. The molecule has 1 aliphatic heterocycles. The molecule has 4 nitrogen and oxygen atoms in total. The van der Waals surface area contributed by atoms with Crippen LogP contribution in [0.2, 0.25) is 0 Å². The van der Waals surface area contributed by atoms with Crippen LogP contribution in [0.3, 0.4) is 0 Å². The third kappa shape index (κ3) is 4.79. The molecule has 1 heterocycles. The molecule has 1 aromatic carbocycles. The number of benzene rings is 1. The Morgan fingerprint density at radius 2 is 1.71 bits per heavy atom. The average molecular weight is 447 g/mol. The van der Waals surface area contributed by atoms with E-state index in [4.69, 9.17) is 0 Å². The van der Waals surface area contributed by atoms with Gasteiger partial charge in [-0.1, -0.05) is 47.3 Å². The van der Waals surface area contributed by atoms with E-state index in [2.05, 4.69) is 45.5 Å². The Morgan fingerprint density at radius 3 is 2.39 bits per heavy atom. The summed E-state index contributed by atoms with van der Waals surface area (Å²) in [7, 11) is 0. The summed E-state index contributed by atoms with van der Waals surface area (Å²) in [5, 5.41) is 3.48. The molecule has 3 fully saturated rings. The van der Waals surface area contributed by atoms with Gasteiger partial charge < -0.3 is 10.2 Å². The number of nitrogens with one attached hydrogen (secondary N) is 1. The molecule has 0 bridgehead atoms. The van der Waals surface area contributed by atoms with Gasteiger partial charge in [0.25, 0.3) is 0 Å². The summed E-state index contributed by atoms with van der Waals surface area (Å²) in [6.07, 6.45) is 10.5. The van der Waals surface area contributed by atoms with E-state index < -0.39 is 0 Å². The van der Waals surface area contributed by atoms with Gasteiger partial charge in [-0.3, -0.25) is 9.59 Å². The Morgan fingerprint density at radius 1 is 1.00 bits per heavy atom. The van der Waals surface area contributed by atoms with Crippen molar-refractivity contribution in [2.24, 2.45) is 11.8 Å². The third-order valence-corrected chi connectivity index (χ3v) is 7.21. The Bertz CT molecular complexity index is 708. The van der Waals surface area contributed by atoms with Crippen molar-refractivity contribution in [1.82, 2.24) is 10.2 Å². The van der Waals surface area contributed by atoms with Crippen LogP contribution in [0, 0.1) is 11.8 Å². The summed E-state index contributed by atoms with van der Waals surface area (Å²) in [5.41, 5.74) is 1.14. The van der Waals surface area contributed by atoms with Gasteiger partial charge in [-0.15, -0.1) is 0 Å². The highest BCUT2D eigenvalue weighted by atomic mass is 79.9. The standard InChI is InChI=1S/C23H31BrN2O2/c24-20-10-6-17(7-11-20)15-23(12-2-1-3-13-23)25-21(27)19-5-4-14-26(16-19)22(28)18-8-9-18/h6-7,10-11,18-19H,1-5,8-9,12-16H2,(H,25,27). The van der Waals surface area contributed by atoms with Gasteiger partial charge in [-0.2, -0.15) is 0 Å². The SMILES string of the molecule is O=C(NC1(Cc2ccc(Br)cc2)CCCCC1)C1CCCN(C(=O)C2CC2)C1. The van der Waals surface area contributed by atoms with E-state index >= 15 is 0 Å². The van der Waals surface area contributed by atoms with Crippen LogP contribution in [-0.4, -0.2) is 35.3 Å². The van der Waals surface area contributed by atoms with Crippen LogP contribution in [0.4, 0.5) is 0 Å². The van der Waals surface area contributed by atoms with Gasteiger partial charge >= 0.3 is 0 Å². The Kier molecular flexibility index (Phi) is 6.10. The second-order valence-corrected chi connectivity index (χ2v) is 9.95. The maximum atomic E-state index is 13.2. The predicted octanol–water partition coefficient (Wildman–Crippen LogP) is 4.46. The fraction of sp³-hybridized carbons (Fsp3) is 0.652. The van der Waals surface area contributed by atoms with E-state index in [0.717, 1.165) is 56.0 Å². The van der Waals surface area contributed by atoms with Crippen LogP contribution in [0.5, 0.6) is 0 Å². The first-order chi connectivity index (χ1) is 13.5. The minimum Gasteiger partial charge on any atom is -0.350 e. The Balaban J connectivity index is 1.42. The molecule has 1 aromatic rings. The third-order valence-electron chi connectivity index (χ3n) is 6.69. The van der Waals surface area contributed by atoms with E-state index in [1.807, 2.05) is 4.90 Å². The molecule has 2 aliphatic carbocycles. The lowest BCUT2D eigenvalue weighted by atomic mass is 9.77. The van der Waals surface area contributed by atoms with Crippen molar-refractivity contribution in [3.63, 3.8) is 0 Å². The number of piperidine rings is 1. The quantitative estimate of drug-likeness (QED) is 0.725. The maximum absolute atomic E-state index is 13.2. The van der Waals surface area contributed by atoms with Gasteiger partial charge in [0.15, 0.2) is 0 Å². The molecular weight excluding hydrogens is 416 g/mol. The summed E-state index contributed by atoms with van der Waals surface area (Å²) >= 11 is 3.51. The summed E-state index contributed by atoms with van der Waals surface area (Å²) in [5.74, 6) is 0.621. The highest BCUT2D eigenvalue weighted by molar-refractivity contribution is 9.10. The van der Waals surface area contributed by atoms with Crippen molar-refractivity contribution in [1.29, 1.82) is 0 Å². The molecule has 5 heteroatoms. The molecule has 4 rings (SSSR count). The lowest BCUT2D eigenvalue weighted by Gasteiger charge is -2.41. The molecule has 1 unspecified atom stereocenters. The first-order valence-corrected chi connectivity index (χ1v) is 11.7. The Hall–Kier alpha value is -1.36. The number of likely N-dealkylation sites (tertiary alicyclic amines) is 1. The molecule has 2 saturated carbocycles. The number of hydrogen-bond acceptors (Lipinski definition) is 2. The summed E-state index contributed by atoms with van der Waals surface area (Å²) in [4.78, 5) is 27.6. The zero-order chi connectivity index (χ0) is 19.6. The van der Waals surface area contributed by atoms with Crippen molar-refractivity contribution < 1.29 is 9.59 Å². The molecular formula is C23H31BrN2O2. The monoisotopic (exact) mass is 446 g/mol. The normalized spacial score (nSPS) is 24.6. The minimum absolute atomic E-state index is 0.0554. The molecule has 1 N–H and O–H groups in total. The molecule has 1 saturated heterocycles. The first-order valence-electron chi connectivity index (χ1n) is 10.9. The number of nitrogens with zero attached hydrogens (tertiary/aromatic N) is 1. The Labute approximate surface area is 176 Å². The molecule has 0 aromatic heterocycles. The maximum Gasteiger partial charge on any atom is 0.225 e. The number of rotatable bonds is 5. The highest BCUT2D eigenvalue weighted by Crippen LogP contribution is 2.34. The fourth-order valence-corrected chi connectivity index (χ4v) is 5.18. The lowest BCUT2D eigenvalue weighted by Crippen LogP contribution is -2.55. The average Bonchev–Trinajstić information content (AvgIpc) is 3.55. The van der Waals surface area contributed by atoms with Crippen LogP contribution in [0.1, 0.15) is 63.4 Å². The van der Waals surface area contributed by atoms with Crippen LogP contribution in [-0.2, 0) is 16.0 Å². The van der Waals surface area contributed by atoms with Crippen LogP contribution >= 0.6 is 15.9 Å². The number of carbonyl (C=O) groups is 2. The van der Waals surface area contributed by atoms with Crippen LogP contribution < -0.4 is 5.32 Å². The molecule has 2 amide bonds. The van der Waals surface area contributed by atoms with E-state index in [1.54, 1.807) is 0 Å². The van der Waals surface area contributed by atoms with E-state index in [-0.39, 0.29) is 29.2 Å². The predicted molar refractivity (Wildman–Crippen MR) is 114 cm³/mol. The fourth-order valence-electron chi connectivity index (χ4n) is 4.91. The zero-order valence-corrected chi connectivity index (χ0v) is 18.2. The summed E-state index contributed by atoms with van der Waals surface area (Å²) in [6, 6.07) is 8.47. The van der Waals surface area contributed by atoms with Crippen molar-refractivity contribution >= 4 is 27.7 Å². The number of amides is 2. The van der Waals surface area contributed by atoms with Gasteiger partial charge in [0.05, 0.1) is 5.92 Å². The number of carbonyl (C=O) groups excluding carboxylic acids is 2. The van der Waals surface area contributed by atoms with E-state index in [9.17, 15) is 9.59 Å². The van der Waals surface area contributed by atoms with Gasteiger partial charge in [0.1, 0.15) is 0 Å². The van der Waals surface area contributed by atoms with Crippen molar-refractivity contribution in [3.8, 4) is 0 Å². The summed E-state index contributed by atoms with van der Waals surface area (Å²) < 4.78 is 1.08. The second kappa shape index (κ2) is 8.56. The van der Waals surface area contributed by atoms with Gasteiger partial charge in [0.2, 0.25) is 11.8 Å². The van der Waals surface area contributed by atoms with E-state index in [0.29, 0.717) is 6.54 Å². The number of halogens is 1. The molecule has 1 atom stereocenters. The largest absolute Gasteiger partial charge is 0.350 e. The van der Waals surface area contributed by atoms with Crippen molar-refractivity contribution in [3.05, 3.63) is 34.3 Å². The van der Waals surface area contributed by atoms with Gasteiger partial charge in [0, 0.05) is 29.0 Å². The lowest BCUT2D eigenvalue weighted by molar-refractivity contribution is -0.137. The van der Waals surface area contributed by atoms with Crippen molar-refractivity contribution in [2.75, 3.05) is 13.1 Å². The minimum atomic E-state index is -0.133. The zero-order valence-electron chi connectivity index (χ0n) is 16.6.